The molecule has 2 atom stereocenters. The van der Waals surface area contributed by atoms with E-state index in [1.54, 1.807) is 0 Å². The highest BCUT2D eigenvalue weighted by Gasteiger charge is 2.23. The summed E-state index contributed by atoms with van der Waals surface area (Å²) in [5.41, 5.74) is 0. The topological polar surface area (TPSA) is 74.6 Å². The fourth-order valence-electron chi connectivity index (χ4n) is 3.51. The Labute approximate surface area is 162 Å². The molecule has 26 heavy (non-hydrogen) atoms. The van der Waals surface area contributed by atoms with Crippen LogP contribution in [0.25, 0.3) is 0 Å². The summed E-state index contributed by atoms with van der Waals surface area (Å²) in [7, 11) is -4.00. The molecule has 0 bridgehead atoms. The highest BCUT2D eigenvalue weighted by Crippen LogP contribution is 2.19. The van der Waals surface area contributed by atoms with Gasteiger partial charge in [0, 0.05) is 0 Å². The standard InChI is InChI=1S/C21H44O4S/c1-3-5-6-7-8-9-10-11-12-13-14-15-17-21(26(23,24)25)19-18-20(22)16-4-2/h20-22H,3-19H2,1-2H3,(H,23,24,25). The van der Waals surface area contributed by atoms with E-state index in [0.717, 1.165) is 25.7 Å². The molecule has 0 aliphatic rings. The summed E-state index contributed by atoms with van der Waals surface area (Å²) in [6.07, 6.45) is 17.4. The summed E-state index contributed by atoms with van der Waals surface area (Å²) in [6.45, 7) is 4.24. The third-order valence-electron chi connectivity index (χ3n) is 5.24. The van der Waals surface area contributed by atoms with E-state index in [2.05, 4.69) is 6.92 Å². The van der Waals surface area contributed by atoms with E-state index >= 15 is 0 Å². The Morgan fingerprint density at radius 2 is 1.08 bits per heavy atom. The van der Waals surface area contributed by atoms with Crippen molar-refractivity contribution in [1.29, 1.82) is 0 Å². The van der Waals surface area contributed by atoms with Crippen molar-refractivity contribution in [3.05, 3.63) is 0 Å². The summed E-state index contributed by atoms with van der Waals surface area (Å²) in [5, 5.41) is 9.05. The maximum atomic E-state index is 11.5. The zero-order chi connectivity index (χ0) is 19.7. The average Bonchev–Trinajstić information content (AvgIpc) is 2.57. The number of aliphatic hydroxyl groups is 1. The average molecular weight is 393 g/mol. The van der Waals surface area contributed by atoms with Crippen molar-refractivity contribution >= 4 is 10.1 Å². The van der Waals surface area contributed by atoms with Crippen molar-refractivity contribution in [2.24, 2.45) is 0 Å². The van der Waals surface area contributed by atoms with Crippen LogP contribution < -0.4 is 0 Å². The van der Waals surface area contributed by atoms with E-state index < -0.39 is 21.5 Å². The second kappa shape index (κ2) is 17.0. The van der Waals surface area contributed by atoms with Crippen molar-refractivity contribution < 1.29 is 18.1 Å². The molecule has 0 radical (unpaired) electrons. The van der Waals surface area contributed by atoms with Crippen LogP contribution in [0, 0.1) is 0 Å². The zero-order valence-electron chi connectivity index (χ0n) is 17.3. The van der Waals surface area contributed by atoms with E-state index in [0.29, 0.717) is 25.7 Å². The molecule has 0 fully saturated rings. The summed E-state index contributed by atoms with van der Waals surface area (Å²) >= 11 is 0. The first-order valence-corrected chi connectivity index (χ1v) is 12.6. The smallest absolute Gasteiger partial charge is 0.267 e. The van der Waals surface area contributed by atoms with Crippen molar-refractivity contribution in [2.75, 3.05) is 0 Å². The van der Waals surface area contributed by atoms with E-state index in [-0.39, 0.29) is 0 Å². The van der Waals surface area contributed by atoms with Gasteiger partial charge in [0.1, 0.15) is 0 Å². The van der Waals surface area contributed by atoms with Gasteiger partial charge < -0.3 is 5.11 Å². The predicted molar refractivity (Wildman–Crippen MR) is 111 cm³/mol. The van der Waals surface area contributed by atoms with Gasteiger partial charge in [0.25, 0.3) is 10.1 Å². The number of unbranched alkanes of at least 4 members (excludes halogenated alkanes) is 11. The Bertz CT molecular complexity index is 395. The van der Waals surface area contributed by atoms with Crippen LogP contribution in [0.15, 0.2) is 0 Å². The van der Waals surface area contributed by atoms with Gasteiger partial charge in [-0.05, 0) is 25.7 Å². The third-order valence-corrected chi connectivity index (χ3v) is 6.56. The van der Waals surface area contributed by atoms with E-state index in [9.17, 15) is 18.1 Å². The lowest BCUT2D eigenvalue weighted by molar-refractivity contribution is 0.150. The van der Waals surface area contributed by atoms with Crippen LogP contribution in [-0.2, 0) is 10.1 Å². The minimum atomic E-state index is -4.00. The molecule has 0 rings (SSSR count). The molecule has 0 aromatic rings. The highest BCUT2D eigenvalue weighted by molar-refractivity contribution is 7.86. The summed E-state index contributed by atoms with van der Waals surface area (Å²) in [6, 6.07) is 0. The molecular weight excluding hydrogens is 348 g/mol. The van der Waals surface area contributed by atoms with Gasteiger partial charge in [-0.2, -0.15) is 8.42 Å². The first-order chi connectivity index (χ1) is 12.4. The number of aliphatic hydroxyl groups excluding tert-OH is 1. The molecule has 4 nitrogen and oxygen atoms in total. The first kappa shape index (κ1) is 25.9. The molecule has 0 aromatic heterocycles. The molecule has 0 saturated carbocycles. The van der Waals surface area contributed by atoms with E-state index in [4.69, 9.17) is 0 Å². The first-order valence-electron chi connectivity index (χ1n) is 11.1. The van der Waals surface area contributed by atoms with Crippen molar-refractivity contribution in [2.45, 2.75) is 134 Å². The van der Waals surface area contributed by atoms with Gasteiger partial charge >= 0.3 is 0 Å². The lowest BCUT2D eigenvalue weighted by atomic mass is 10.0. The minimum absolute atomic E-state index is 0.359. The van der Waals surface area contributed by atoms with Gasteiger partial charge in [-0.3, -0.25) is 4.55 Å². The quantitative estimate of drug-likeness (QED) is 0.200. The van der Waals surface area contributed by atoms with Crippen LogP contribution in [0.3, 0.4) is 0 Å². The van der Waals surface area contributed by atoms with Gasteiger partial charge in [0.2, 0.25) is 0 Å². The maximum absolute atomic E-state index is 11.5. The molecule has 158 valence electrons. The molecule has 0 aromatic carbocycles. The van der Waals surface area contributed by atoms with Crippen molar-refractivity contribution in [1.82, 2.24) is 0 Å². The van der Waals surface area contributed by atoms with Gasteiger partial charge in [0.05, 0.1) is 11.4 Å². The summed E-state index contributed by atoms with van der Waals surface area (Å²) in [5.74, 6) is 0. The van der Waals surface area contributed by atoms with Gasteiger partial charge in [0.15, 0.2) is 0 Å². The SMILES string of the molecule is CCCCCCCCCCCCCCC(CCC(O)CCC)S(=O)(=O)O. The maximum Gasteiger partial charge on any atom is 0.267 e. The lowest BCUT2D eigenvalue weighted by Gasteiger charge is -2.16. The minimum Gasteiger partial charge on any atom is -0.393 e. The summed E-state index contributed by atoms with van der Waals surface area (Å²) in [4.78, 5) is 0. The van der Waals surface area contributed by atoms with Crippen LogP contribution in [0.1, 0.15) is 123 Å². The van der Waals surface area contributed by atoms with Gasteiger partial charge in [-0.25, -0.2) is 0 Å². The molecule has 0 saturated heterocycles. The largest absolute Gasteiger partial charge is 0.393 e. The lowest BCUT2D eigenvalue weighted by Crippen LogP contribution is -2.22. The van der Waals surface area contributed by atoms with E-state index in [1.807, 2.05) is 6.92 Å². The number of hydrogen-bond donors (Lipinski definition) is 2. The summed E-state index contributed by atoms with van der Waals surface area (Å²) < 4.78 is 32.4. The molecule has 0 aliphatic carbocycles. The zero-order valence-corrected chi connectivity index (χ0v) is 18.1. The molecule has 0 heterocycles. The highest BCUT2D eigenvalue weighted by atomic mass is 32.2. The number of rotatable bonds is 19. The Morgan fingerprint density at radius 3 is 1.50 bits per heavy atom. The Hall–Kier alpha value is -0.130. The van der Waals surface area contributed by atoms with E-state index in [1.165, 1.54) is 57.8 Å². The van der Waals surface area contributed by atoms with Gasteiger partial charge in [-0.1, -0.05) is 97.3 Å². The Kier molecular flexibility index (Phi) is 16.9. The number of hydrogen-bond acceptors (Lipinski definition) is 3. The molecule has 0 amide bonds. The molecule has 2 unspecified atom stereocenters. The fraction of sp³-hybridized carbons (Fsp3) is 1.00. The predicted octanol–water partition coefficient (Wildman–Crippen LogP) is 6.28. The van der Waals surface area contributed by atoms with Crippen LogP contribution in [0.2, 0.25) is 0 Å². The molecule has 0 aliphatic heterocycles. The van der Waals surface area contributed by atoms with Crippen molar-refractivity contribution in [3.63, 3.8) is 0 Å². The van der Waals surface area contributed by atoms with Crippen molar-refractivity contribution in [3.8, 4) is 0 Å². The molecule has 0 spiro atoms. The van der Waals surface area contributed by atoms with Gasteiger partial charge in [-0.15, -0.1) is 0 Å². The Morgan fingerprint density at radius 1 is 0.615 bits per heavy atom. The monoisotopic (exact) mass is 392 g/mol. The third kappa shape index (κ3) is 16.1. The second-order valence-corrected chi connectivity index (χ2v) is 9.53. The molecule has 2 N–H and O–H groups in total. The van der Waals surface area contributed by atoms with Crippen LogP contribution in [0.5, 0.6) is 0 Å². The second-order valence-electron chi connectivity index (χ2n) is 7.83. The molecule has 5 heteroatoms. The molecular formula is C21H44O4S. The van der Waals surface area contributed by atoms with Crippen LogP contribution in [0.4, 0.5) is 0 Å². The van der Waals surface area contributed by atoms with Crippen LogP contribution >= 0.6 is 0 Å². The fourth-order valence-corrected chi connectivity index (χ4v) is 4.41. The Balaban J connectivity index is 3.67. The van der Waals surface area contributed by atoms with Crippen LogP contribution in [-0.4, -0.2) is 29.4 Å². The normalized spacial score (nSPS) is 14.5.